The Morgan fingerprint density at radius 3 is 2.05 bits per heavy atom. The number of hydrogen-bond acceptors (Lipinski definition) is 4. The fourth-order valence-corrected chi connectivity index (χ4v) is 3.30. The molecule has 0 amide bonds. The topological polar surface area (TPSA) is 25.8 Å². The molecule has 4 aromatic rings. The second-order valence-electron chi connectivity index (χ2n) is 4.02. The molecule has 2 aromatic heterocycles. The molecule has 0 radical (unpaired) electrons. The average Bonchev–Trinajstić information content (AvgIpc) is 3.03. The molecule has 118 valence electrons. The number of nitrogens with zero attached hydrogens (tertiary/aromatic N) is 2. The minimum Gasteiger partial charge on any atom is -1.00 e. The normalized spacial score (nSPS) is 8.95. The molecule has 0 N–H and O–H groups in total. The Hall–Kier alpha value is 0.342. The second kappa shape index (κ2) is 11.0. The van der Waals surface area contributed by atoms with Gasteiger partial charge in [-0.15, -0.1) is 22.7 Å². The zero-order valence-electron chi connectivity index (χ0n) is 11.5. The Morgan fingerprint density at radius 1 is 0.818 bits per heavy atom. The number of aromatic nitrogens is 2. The Labute approximate surface area is 185 Å². The van der Waals surface area contributed by atoms with Gasteiger partial charge in [0, 0.05) is 0 Å². The SMILES string of the molecule is Cc1nc2ccccc2s1.[I-].[I-].[Pd+2].c1ccc2scnc2c1. The monoisotopic (exact) mass is 644 g/mol. The third-order valence-electron chi connectivity index (χ3n) is 2.64. The van der Waals surface area contributed by atoms with Crippen molar-refractivity contribution in [1.82, 2.24) is 9.97 Å². The van der Waals surface area contributed by atoms with Crippen LogP contribution in [0, 0.1) is 6.92 Å². The minimum atomic E-state index is 0. The first-order valence-electron chi connectivity index (χ1n) is 5.93. The summed E-state index contributed by atoms with van der Waals surface area (Å²) in [6.45, 7) is 2.03. The molecule has 0 aliphatic heterocycles. The summed E-state index contributed by atoms with van der Waals surface area (Å²) >= 11 is 3.42. The van der Waals surface area contributed by atoms with E-state index in [0.29, 0.717) is 0 Å². The largest absolute Gasteiger partial charge is 2.00 e. The Kier molecular flexibility index (Phi) is 11.2. The van der Waals surface area contributed by atoms with Gasteiger partial charge in [-0.25, -0.2) is 9.97 Å². The molecule has 0 bridgehead atoms. The van der Waals surface area contributed by atoms with Crippen molar-refractivity contribution in [2.24, 2.45) is 0 Å². The van der Waals surface area contributed by atoms with Gasteiger partial charge in [-0.05, 0) is 31.2 Å². The van der Waals surface area contributed by atoms with Crippen molar-refractivity contribution in [2.45, 2.75) is 6.92 Å². The Bertz CT molecular complexity index is 754. The van der Waals surface area contributed by atoms with Crippen LogP contribution >= 0.6 is 22.7 Å². The molecule has 22 heavy (non-hydrogen) atoms. The summed E-state index contributed by atoms with van der Waals surface area (Å²) in [5.41, 5.74) is 4.08. The average molecular weight is 645 g/mol. The maximum absolute atomic E-state index is 4.33. The van der Waals surface area contributed by atoms with Crippen molar-refractivity contribution < 1.29 is 68.4 Å². The first-order chi connectivity index (χ1) is 9.33. The summed E-state index contributed by atoms with van der Waals surface area (Å²) in [6.07, 6.45) is 0. The van der Waals surface area contributed by atoms with Crippen molar-refractivity contribution in [3.63, 3.8) is 0 Å². The van der Waals surface area contributed by atoms with Crippen LogP contribution in [0.4, 0.5) is 0 Å². The quantitative estimate of drug-likeness (QED) is 0.180. The molecular formula is C15H12I2N2PdS2. The first kappa shape index (κ1) is 22.3. The molecule has 7 heteroatoms. The molecule has 2 heterocycles. The van der Waals surface area contributed by atoms with Gasteiger partial charge in [-0.2, -0.15) is 0 Å². The van der Waals surface area contributed by atoms with E-state index in [0.717, 1.165) is 16.0 Å². The van der Waals surface area contributed by atoms with E-state index in [-0.39, 0.29) is 68.4 Å². The zero-order chi connectivity index (χ0) is 13.1. The molecule has 4 rings (SSSR count). The van der Waals surface area contributed by atoms with E-state index < -0.39 is 0 Å². The van der Waals surface area contributed by atoms with Gasteiger partial charge in [-0.3, -0.25) is 0 Å². The minimum absolute atomic E-state index is 0. The van der Waals surface area contributed by atoms with Crippen LogP contribution in [0.2, 0.25) is 0 Å². The van der Waals surface area contributed by atoms with Crippen LogP contribution < -0.4 is 48.0 Å². The van der Waals surface area contributed by atoms with Crippen molar-refractivity contribution in [3.05, 3.63) is 59.0 Å². The van der Waals surface area contributed by atoms with Crippen molar-refractivity contribution in [3.8, 4) is 0 Å². The van der Waals surface area contributed by atoms with Crippen molar-refractivity contribution >= 4 is 43.1 Å². The molecule has 0 aliphatic rings. The van der Waals surface area contributed by atoms with E-state index in [1.165, 1.54) is 9.40 Å². The number of hydrogen-bond donors (Lipinski definition) is 0. The summed E-state index contributed by atoms with van der Waals surface area (Å²) in [5, 5.41) is 1.14. The summed E-state index contributed by atoms with van der Waals surface area (Å²) < 4.78 is 2.54. The number of halogens is 2. The summed E-state index contributed by atoms with van der Waals surface area (Å²) in [4.78, 5) is 8.47. The van der Waals surface area contributed by atoms with Crippen LogP contribution in [0.3, 0.4) is 0 Å². The molecule has 0 aliphatic carbocycles. The number of thiazole rings is 2. The number of benzene rings is 2. The molecule has 2 aromatic carbocycles. The third-order valence-corrected chi connectivity index (χ3v) is 4.40. The molecule has 2 nitrogen and oxygen atoms in total. The Morgan fingerprint density at radius 2 is 1.41 bits per heavy atom. The van der Waals surface area contributed by atoms with Gasteiger partial charge < -0.3 is 48.0 Å². The molecule has 0 atom stereocenters. The van der Waals surface area contributed by atoms with E-state index >= 15 is 0 Å². The van der Waals surface area contributed by atoms with Gasteiger partial charge in [0.2, 0.25) is 0 Å². The maximum atomic E-state index is 4.33. The summed E-state index contributed by atoms with van der Waals surface area (Å²) in [6, 6.07) is 16.3. The molecular weight excluding hydrogens is 633 g/mol. The van der Waals surface area contributed by atoms with Gasteiger partial charge in [0.1, 0.15) is 0 Å². The van der Waals surface area contributed by atoms with Gasteiger partial charge in [0.15, 0.2) is 0 Å². The predicted molar refractivity (Wildman–Crippen MR) is 84.0 cm³/mol. The van der Waals surface area contributed by atoms with Crippen LogP contribution in [0.1, 0.15) is 5.01 Å². The second-order valence-corrected chi connectivity index (χ2v) is 6.14. The number of para-hydroxylation sites is 2. The van der Waals surface area contributed by atoms with E-state index in [1.807, 2.05) is 48.8 Å². The van der Waals surface area contributed by atoms with Crippen LogP contribution in [0.5, 0.6) is 0 Å². The molecule has 0 spiro atoms. The Balaban J connectivity index is 0.000000354. The molecule has 0 unspecified atom stereocenters. The molecule has 0 saturated carbocycles. The van der Waals surface area contributed by atoms with Gasteiger partial charge in [0.25, 0.3) is 0 Å². The smallest absolute Gasteiger partial charge is 1.00 e. The van der Waals surface area contributed by atoms with Crippen LogP contribution in [0.25, 0.3) is 20.4 Å². The third kappa shape index (κ3) is 5.76. The van der Waals surface area contributed by atoms with E-state index in [4.69, 9.17) is 0 Å². The fraction of sp³-hybridized carbons (Fsp3) is 0.0667. The van der Waals surface area contributed by atoms with Gasteiger partial charge in [-0.1, -0.05) is 24.3 Å². The van der Waals surface area contributed by atoms with Crippen LogP contribution in [-0.2, 0) is 20.4 Å². The predicted octanol–water partition coefficient (Wildman–Crippen LogP) is -1.09. The summed E-state index contributed by atoms with van der Waals surface area (Å²) in [7, 11) is 0. The summed E-state index contributed by atoms with van der Waals surface area (Å²) in [5.74, 6) is 0. The molecule has 0 saturated heterocycles. The maximum Gasteiger partial charge on any atom is 2.00 e. The first-order valence-corrected chi connectivity index (χ1v) is 7.63. The van der Waals surface area contributed by atoms with Crippen molar-refractivity contribution in [1.29, 1.82) is 0 Å². The van der Waals surface area contributed by atoms with E-state index in [1.54, 1.807) is 22.7 Å². The van der Waals surface area contributed by atoms with E-state index in [2.05, 4.69) is 22.1 Å². The number of aryl methyl sites for hydroxylation is 1. The van der Waals surface area contributed by atoms with Gasteiger partial charge in [0.05, 0.1) is 31.0 Å². The van der Waals surface area contributed by atoms with Gasteiger partial charge >= 0.3 is 20.4 Å². The standard InChI is InChI=1S/C8H7NS.C7H5NS.2HI.Pd/c1-6-9-7-4-2-3-5-8(7)10-6;1-2-4-7-6(3-1)8-5-9-7;;;/h2-5H,1H3;1-5H;2*1H;/q;;;;+2/p-2. The van der Waals surface area contributed by atoms with Crippen LogP contribution in [-0.4, -0.2) is 9.97 Å². The number of rotatable bonds is 0. The number of fused-ring (bicyclic) bond motifs is 2. The molecule has 0 fully saturated rings. The van der Waals surface area contributed by atoms with Crippen molar-refractivity contribution in [2.75, 3.05) is 0 Å². The zero-order valence-corrected chi connectivity index (χ0v) is 19.0. The fourth-order valence-electron chi connectivity index (χ4n) is 1.79. The van der Waals surface area contributed by atoms with Crippen LogP contribution in [0.15, 0.2) is 54.0 Å². The van der Waals surface area contributed by atoms with E-state index in [9.17, 15) is 0 Å².